The van der Waals surface area contributed by atoms with Crippen LogP contribution >= 0.6 is 23.1 Å². The minimum absolute atomic E-state index is 0.00585. The van der Waals surface area contributed by atoms with E-state index in [2.05, 4.69) is 6.58 Å². The second-order valence-corrected chi connectivity index (χ2v) is 7.60. The maximum Gasteiger partial charge on any atom is 0.272 e. The van der Waals surface area contributed by atoms with Crippen LogP contribution in [0.3, 0.4) is 0 Å². The third-order valence-corrected chi connectivity index (χ3v) is 5.92. The van der Waals surface area contributed by atoms with Crippen LogP contribution in [0.2, 0.25) is 0 Å². The molecular weight excluding hydrogens is 352 g/mol. The van der Waals surface area contributed by atoms with Gasteiger partial charge in [0.2, 0.25) is 0 Å². The molecule has 0 fully saturated rings. The number of thioether (sulfide) groups is 1. The molecule has 3 rings (SSSR count). The van der Waals surface area contributed by atoms with Gasteiger partial charge in [-0.25, -0.2) is 4.98 Å². The zero-order valence-electron chi connectivity index (χ0n) is 14.1. The quantitative estimate of drug-likeness (QED) is 0.254. The predicted octanol–water partition coefficient (Wildman–Crippen LogP) is 4.44. The summed E-state index contributed by atoms with van der Waals surface area (Å²) in [4.78, 5) is 18.7. The van der Waals surface area contributed by atoms with Gasteiger partial charge in [0.25, 0.3) is 5.56 Å². The van der Waals surface area contributed by atoms with Crippen LogP contribution < -0.4 is 5.56 Å². The smallest absolute Gasteiger partial charge is 0.272 e. The topological polar surface area (TPSA) is 44.1 Å². The summed E-state index contributed by atoms with van der Waals surface area (Å²) < 4.78 is 7.49. The van der Waals surface area contributed by atoms with E-state index in [1.807, 2.05) is 36.4 Å². The third-order valence-electron chi connectivity index (χ3n) is 3.69. The highest BCUT2D eigenvalue weighted by atomic mass is 32.2. The Morgan fingerprint density at radius 2 is 2.16 bits per heavy atom. The first kappa shape index (κ1) is 17.9. The van der Waals surface area contributed by atoms with Gasteiger partial charge in [-0.2, -0.15) is 0 Å². The molecule has 0 N–H and O–H groups in total. The minimum atomic E-state index is 0.00585. The van der Waals surface area contributed by atoms with Gasteiger partial charge in [-0.1, -0.05) is 48.2 Å². The molecule has 0 atom stereocenters. The Hall–Kier alpha value is -1.89. The molecule has 0 saturated heterocycles. The lowest BCUT2D eigenvalue weighted by Gasteiger charge is -2.09. The number of hydrogen-bond donors (Lipinski definition) is 0. The summed E-state index contributed by atoms with van der Waals surface area (Å²) in [6.45, 7) is 4.94. The molecule has 0 spiro atoms. The number of ether oxygens (including phenoxy) is 1. The Bertz CT molecular complexity index is 916. The molecule has 4 nitrogen and oxygen atoms in total. The van der Waals surface area contributed by atoms with Crippen molar-refractivity contribution in [1.82, 2.24) is 9.55 Å². The Labute approximate surface area is 155 Å². The highest BCUT2D eigenvalue weighted by Crippen LogP contribution is 2.32. The van der Waals surface area contributed by atoms with Crippen molar-refractivity contribution in [3.63, 3.8) is 0 Å². The first-order valence-electron chi connectivity index (χ1n) is 8.07. The molecule has 2 heterocycles. The van der Waals surface area contributed by atoms with Crippen molar-refractivity contribution in [2.45, 2.75) is 18.1 Å². The Balaban J connectivity index is 2.02. The number of benzene rings is 1. The average Bonchev–Trinajstić information content (AvgIpc) is 3.07. The molecule has 0 amide bonds. The van der Waals surface area contributed by atoms with Crippen molar-refractivity contribution in [3.8, 4) is 10.4 Å². The van der Waals surface area contributed by atoms with Gasteiger partial charge in [0.15, 0.2) is 5.16 Å². The number of rotatable bonds is 8. The molecule has 0 aliphatic carbocycles. The third kappa shape index (κ3) is 4.03. The summed E-state index contributed by atoms with van der Waals surface area (Å²) in [6, 6.07) is 12.1. The molecule has 25 heavy (non-hydrogen) atoms. The van der Waals surface area contributed by atoms with Gasteiger partial charge >= 0.3 is 0 Å². The summed E-state index contributed by atoms with van der Waals surface area (Å²) in [6.07, 6.45) is 2.65. The summed E-state index contributed by atoms with van der Waals surface area (Å²) in [7, 11) is 1.69. The summed E-state index contributed by atoms with van der Waals surface area (Å²) >= 11 is 3.09. The fourth-order valence-corrected chi connectivity index (χ4v) is 4.47. The molecule has 6 heteroatoms. The van der Waals surface area contributed by atoms with Crippen LogP contribution in [0.1, 0.15) is 6.42 Å². The Morgan fingerprint density at radius 3 is 2.88 bits per heavy atom. The fraction of sp³-hybridized carbons (Fsp3) is 0.263. The van der Waals surface area contributed by atoms with Crippen LogP contribution in [0, 0.1) is 0 Å². The van der Waals surface area contributed by atoms with E-state index in [1.54, 1.807) is 29.5 Å². The van der Waals surface area contributed by atoms with Gasteiger partial charge in [-0.15, -0.1) is 17.9 Å². The normalized spacial score (nSPS) is 11.1. The fourth-order valence-electron chi connectivity index (χ4n) is 2.50. The Kier molecular flexibility index (Phi) is 6.07. The SMILES string of the molecule is C=CCn1c(SCCCOC)nc2cc(-c3ccccc3)sc2c1=O. The summed E-state index contributed by atoms with van der Waals surface area (Å²) in [5.41, 5.74) is 1.88. The number of allylic oxidation sites excluding steroid dienone is 1. The number of nitrogens with zero attached hydrogens (tertiary/aromatic N) is 2. The van der Waals surface area contributed by atoms with Crippen LogP contribution in [-0.4, -0.2) is 29.0 Å². The van der Waals surface area contributed by atoms with E-state index < -0.39 is 0 Å². The highest BCUT2D eigenvalue weighted by molar-refractivity contribution is 7.99. The zero-order valence-corrected chi connectivity index (χ0v) is 15.7. The lowest BCUT2D eigenvalue weighted by atomic mass is 10.2. The van der Waals surface area contributed by atoms with E-state index >= 15 is 0 Å². The molecule has 130 valence electrons. The molecule has 0 unspecified atom stereocenters. The van der Waals surface area contributed by atoms with Crippen LogP contribution in [-0.2, 0) is 11.3 Å². The van der Waals surface area contributed by atoms with E-state index in [9.17, 15) is 4.79 Å². The van der Waals surface area contributed by atoms with Gasteiger partial charge < -0.3 is 4.74 Å². The standard InChI is InChI=1S/C19H20N2O2S2/c1-3-10-21-18(22)17-15(20-19(21)24-12-7-11-23-2)13-16(25-17)14-8-5-4-6-9-14/h3-6,8-9,13H,1,7,10-12H2,2H3. The van der Waals surface area contributed by atoms with Gasteiger partial charge in [-0.3, -0.25) is 9.36 Å². The lowest BCUT2D eigenvalue weighted by Crippen LogP contribution is -2.22. The van der Waals surface area contributed by atoms with E-state index in [0.29, 0.717) is 17.9 Å². The van der Waals surface area contributed by atoms with Crippen LogP contribution in [0.4, 0.5) is 0 Å². The second kappa shape index (κ2) is 8.47. The van der Waals surface area contributed by atoms with Gasteiger partial charge in [0, 0.05) is 30.9 Å². The van der Waals surface area contributed by atoms with Crippen molar-refractivity contribution < 1.29 is 4.74 Å². The number of aromatic nitrogens is 2. The van der Waals surface area contributed by atoms with Crippen molar-refractivity contribution in [2.75, 3.05) is 19.5 Å². The molecule has 2 aromatic heterocycles. The number of methoxy groups -OCH3 is 1. The second-order valence-electron chi connectivity index (χ2n) is 5.48. The Morgan fingerprint density at radius 1 is 1.36 bits per heavy atom. The van der Waals surface area contributed by atoms with E-state index in [1.165, 1.54) is 11.3 Å². The maximum atomic E-state index is 12.9. The van der Waals surface area contributed by atoms with Crippen molar-refractivity contribution in [2.24, 2.45) is 0 Å². The van der Waals surface area contributed by atoms with Gasteiger partial charge in [0.1, 0.15) is 4.70 Å². The predicted molar refractivity (Wildman–Crippen MR) is 107 cm³/mol. The number of fused-ring (bicyclic) bond motifs is 1. The molecule has 3 aromatic rings. The molecule has 0 bridgehead atoms. The van der Waals surface area contributed by atoms with Crippen LogP contribution in [0.15, 0.2) is 59.0 Å². The molecule has 0 aliphatic rings. The minimum Gasteiger partial charge on any atom is -0.385 e. The average molecular weight is 373 g/mol. The van der Waals surface area contributed by atoms with Crippen LogP contribution in [0.25, 0.3) is 20.7 Å². The molecule has 0 saturated carbocycles. The van der Waals surface area contributed by atoms with E-state index in [-0.39, 0.29) is 5.56 Å². The monoisotopic (exact) mass is 372 g/mol. The van der Waals surface area contributed by atoms with Crippen LogP contribution in [0.5, 0.6) is 0 Å². The summed E-state index contributed by atoms with van der Waals surface area (Å²) in [5.74, 6) is 0.860. The van der Waals surface area contributed by atoms with Crippen molar-refractivity contribution in [3.05, 3.63) is 59.4 Å². The van der Waals surface area contributed by atoms with Crippen molar-refractivity contribution >= 4 is 33.3 Å². The van der Waals surface area contributed by atoms with E-state index in [4.69, 9.17) is 9.72 Å². The first-order valence-corrected chi connectivity index (χ1v) is 9.87. The first-order chi connectivity index (χ1) is 12.2. The van der Waals surface area contributed by atoms with Gasteiger partial charge in [-0.05, 0) is 18.1 Å². The lowest BCUT2D eigenvalue weighted by molar-refractivity contribution is 0.200. The molecule has 0 aliphatic heterocycles. The number of thiophene rings is 1. The molecule has 0 radical (unpaired) electrons. The molecule has 1 aromatic carbocycles. The van der Waals surface area contributed by atoms with E-state index in [0.717, 1.165) is 33.3 Å². The highest BCUT2D eigenvalue weighted by Gasteiger charge is 2.14. The van der Waals surface area contributed by atoms with Gasteiger partial charge in [0.05, 0.1) is 5.52 Å². The zero-order chi connectivity index (χ0) is 17.6. The summed E-state index contributed by atoms with van der Waals surface area (Å²) in [5, 5.41) is 0.742. The van der Waals surface area contributed by atoms with Crippen molar-refractivity contribution in [1.29, 1.82) is 0 Å². The largest absolute Gasteiger partial charge is 0.385 e. The maximum absolute atomic E-state index is 12.9. The molecular formula is C19H20N2O2S2. The number of hydrogen-bond acceptors (Lipinski definition) is 5.